The molecule has 4 aliphatic rings. The monoisotopic (exact) mass is 291 g/mol. The number of carbonyl (C=O) groups is 2. The zero-order chi connectivity index (χ0) is 14.4. The lowest BCUT2D eigenvalue weighted by molar-refractivity contribution is -0.150. The van der Waals surface area contributed by atoms with Gasteiger partial charge in [-0.15, -0.1) is 0 Å². The largest absolute Gasteiger partial charge is 0.461 e. The molecule has 1 N–H and O–H groups in total. The van der Waals surface area contributed by atoms with Crippen molar-refractivity contribution in [1.29, 1.82) is 0 Å². The smallest absolute Gasteiger partial charge is 0.325 e. The van der Waals surface area contributed by atoms with E-state index in [1.54, 1.807) is 0 Å². The molecule has 0 aromatic carbocycles. The van der Waals surface area contributed by atoms with Crippen molar-refractivity contribution in [2.45, 2.75) is 57.5 Å². The molecule has 4 heteroatoms. The predicted molar refractivity (Wildman–Crippen MR) is 77.3 cm³/mol. The van der Waals surface area contributed by atoms with Crippen LogP contribution in [0.4, 0.5) is 0 Å². The molecule has 21 heavy (non-hydrogen) atoms. The van der Waals surface area contributed by atoms with Crippen LogP contribution >= 0.6 is 0 Å². The quantitative estimate of drug-likeness (QED) is 0.808. The molecule has 0 saturated heterocycles. The molecular formula is C17H25NO3. The Morgan fingerprint density at radius 1 is 0.952 bits per heavy atom. The van der Waals surface area contributed by atoms with Gasteiger partial charge in [0.25, 0.3) is 0 Å². The van der Waals surface area contributed by atoms with Gasteiger partial charge in [-0.3, -0.25) is 9.59 Å². The minimum atomic E-state index is -0.260. The zero-order valence-electron chi connectivity index (χ0n) is 12.6. The van der Waals surface area contributed by atoms with Crippen LogP contribution in [0.2, 0.25) is 0 Å². The minimum Gasteiger partial charge on any atom is -0.461 e. The lowest BCUT2D eigenvalue weighted by Crippen LogP contribution is -2.35. The predicted octanol–water partition coefficient (Wildman–Crippen LogP) is 2.27. The second-order valence-corrected chi connectivity index (χ2v) is 7.48. The Bertz CT molecular complexity index is 427. The van der Waals surface area contributed by atoms with Crippen molar-refractivity contribution in [2.24, 2.45) is 29.6 Å². The van der Waals surface area contributed by atoms with Gasteiger partial charge in [0.05, 0.1) is 0 Å². The SMILES string of the molecule is O=C(CNC(=O)C1C2C3CCC(C3)C12)OC1CCCCC1. The van der Waals surface area contributed by atoms with Crippen molar-refractivity contribution < 1.29 is 14.3 Å². The number of hydrogen-bond donors (Lipinski definition) is 1. The van der Waals surface area contributed by atoms with Gasteiger partial charge in [0, 0.05) is 5.92 Å². The molecule has 4 atom stereocenters. The van der Waals surface area contributed by atoms with Crippen LogP contribution < -0.4 is 5.32 Å². The molecule has 0 radical (unpaired) electrons. The second-order valence-electron chi connectivity index (χ2n) is 7.48. The van der Waals surface area contributed by atoms with Crippen LogP contribution in [0.15, 0.2) is 0 Å². The van der Waals surface area contributed by atoms with Crippen molar-refractivity contribution in [2.75, 3.05) is 6.54 Å². The number of nitrogens with one attached hydrogen (secondary N) is 1. The zero-order valence-corrected chi connectivity index (χ0v) is 12.6. The lowest BCUT2D eigenvalue weighted by Gasteiger charge is -2.21. The lowest BCUT2D eigenvalue weighted by atomic mass is 9.98. The van der Waals surface area contributed by atoms with Gasteiger partial charge < -0.3 is 10.1 Å². The molecule has 1 amide bonds. The third kappa shape index (κ3) is 2.47. The fraction of sp³-hybridized carbons (Fsp3) is 0.882. The van der Waals surface area contributed by atoms with Crippen molar-refractivity contribution in [1.82, 2.24) is 5.32 Å². The summed E-state index contributed by atoms with van der Waals surface area (Å²) >= 11 is 0. The van der Waals surface area contributed by atoms with Crippen LogP contribution in [-0.2, 0) is 14.3 Å². The van der Waals surface area contributed by atoms with Gasteiger partial charge in [0.2, 0.25) is 5.91 Å². The topological polar surface area (TPSA) is 55.4 Å². The molecule has 2 bridgehead atoms. The van der Waals surface area contributed by atoms with E-state index in [4.69, 9.17) is 4.74 Å². The summed E-state index contributed by atoms with van der Waals surface area (Å²) < 4.78 is 5.44. The van der Waals surface area contributed by atoms with Crippen LogP contribution in [0.3, 0.4) is 0 Å². The molecule has 4 aliphatic carbocycles. The Labute approximate surface area is 126 Å². The number of amides is 1. The molecule has 4 rings (SSSR count). The normalized spacial score (nSPS) is 40.7. The van der Waals surface area contributed by atoms with Gasteiger partial charge in [0.1, 0.15) is 12.6 Å². The van der Waals surface area contributed by atoms with E-state index in [-0.39, 0.29) is 30.4 Å². The first-order chi connectivity index (χ1) is 10.2. The number of ether oxygens (including phenoxy) is 1. The molecule has 4 saturated carbocycles. The molecule has 0 spiro atoms. The average Bonchev–Trinajstić information content (AvgIpc) is 2.94. The summed E-state index contributed by atoms with van der Waals surface area (Å²) in [6.07, 6.45) is 9.58. The summed E-state index contributed by atoms with van der Waals surface area (Å²) in [7, 11) is 0. The van der Waals surface area contributed by atoms with Crippen LogP contribution in [-0.4, -0.2) is 24.5 Å². The summed E-state index contributed by atoms with van der Waals surface area (Å²) in [5, 5.41) is 2.82. The summed E-state index contributed by atoms with van der Waals surface area (Å²) in [6.45, 7) is 0.0562. The number of fused-ring (bicyclic) bond motifs is 5. The third-order valence-electron chi connectivity index (χ3n) is 6.30. The number of esters is 1. The van der Waals surface area contributed by atoms with E-state index in [0.717, 1.165) is 37.5 Å². The Balaban J connectivity index is 1.20. The molecule has 116 valence electrons. The Morgan fingerprint density at radius 2 is 1.62 bits per heavy atom. The Morgan fingerprint density at radius 3 is 2.29 bits per heavy atom. The van der Waals surface area contributed by atoms with E-state index in [1.165, 1.54) is 25.7 Å². The summed E-state index contributed by atoms with van der Waals surface area (Å²) in [4.78, 5) is 24.0. The van der Waals surface area contributed by atoms with Crippen LogP contribution in [0, 0.1) is 29.6 Å². The van der Waals surface area contributed by atoms with Crippen molar-refractivity contribution in [3.05, 3.63) is 0 Å². The van der Waals surface area contributed by atoms with Crippen molar-refractivity contribution in [3.8, 4) is 0 Å². The summed E-state index contributed by atoms with van der Waals surface area (Å²) in [6, 6.07) is 0. The van der Waals surface area contributed by atoms with Crippen LogP contribution in [0.5, 0.6) is 0 Å². The van der Waals surface area contributed by atoms with Gasteiger partial charge in [0.15, 0.2) is 0 Å². The fourth-order valence-corrected chi connectivity index (χ4v) is 5.36. The van der Waals surface area contributed by atoms with Gasteiger partial charge in [-0.1, -0.05) is 6.42 Å². The van der Waals surface area contributed by atoms with Gasteiger partial charge in [-0.05, 0) is 68.6 Å². The highest BCUT2D eigenvalue weighted by Crippen LogP contribution is 2.69. The molecule has 4 fully saturated rings. The van der Waals surface area contributed by atoms with E-state index >= 15 is 0 Å². The van der Waals surface area contributed by atoms with Crippen LogP contribution in [0.25, 0.3) is 0 Å². The highest BCUT2D eigenvalue weighted by atomic mass is 16.5. The van der Waals surface area contributed by atoms with E-state index in [9.17, 15) is 9.59 Å². The first-order valence-corrected chi connectivity index (χ1v) is 8.71. The van der Waals surface area contributed by atoms with Crippen LogP contribution in [0.1, 0.15) is 51.4 Å². The molecule has 4 unspecified atom stereocenters. The first-order valence-electron chi connectivity index (χ1n) is 8.71. The average molecular weight is 291 g/mol. The number of hydrogen-bond acceptors (Lipinski definition) is 3. The van der Waals surface area contributed by atoms with Gasteiger partial charge in [-0.2, -0.15) is 0 Å². The standard InChI is InChI=1S/C17H25NO3/c19-13(21-12-4-2-1-3-5-12)9-18-17(20)16-14-10-6-7-11(8-10)15(14)16/h10-12,14-16H,1-9H2,(H,18,20). The Kier molecular flexibility index (Phi) is 3.43. The van der Waals surface area contributed by atoms with Gasteiger partial charge >= 0.3 is 5.97 Å². The first kappa shape index (κ1) is 13.6. The highest BCUT2D eigenvalue weighted by Gasteiger charge is 2.67. The molecular weight excluding hydrogens is 266 g/mol. The van der Waals surface area contributed by atoms with Crippen molar-refractivity contribution >= 4 is 11.9 Å². The van der Waals surface area contributed by atoms with E-state index < -0.39 is 0 Å². The molecule has 4 nitrogen and oxygen atoms in total. The third-order valence-corrected chi connectivity index (χ3v) is 6.30. The fourth-order valence-electron chi connectivity index (χ4n) is 5.36. The van der Waals surface area contributed by atoms with E-state index in [1.807, 2.05) is 0 Å². The maximum Gasteiger partial charge on any atom is 0.325 e. The van der Waals surface area contributed by atoms with E-state index in [0.29, 0.717) is 11.8 Å². The van der Waals surface area contributed by atoms with Gasteiger partial charge in [-0.25, -0.2) is 0 Å². The number of rotatable bonds is 4. The van der Waals surface area contributed by atoms with E-state index in [2.05, 4.69) is 5.32 Å². The Hall–Kier alpha value is -1.06. The number of carbonyl (C=O) groups excluding carboxylic acids is 2. The maximum absolute atomic E-state index is 12.2. The highest BCUT2D eigenvalue weighted by molar-refractivity contribution is 5.86. The maximum atomic E-state index is 12.2. The molecule has 0 aromatic heterocycles. The molecule has 0 heterocycles. The molecule has 0 aliphatic heterocycles. The molecule has 0 aromatic rings. The summed E-state index contributed by atoms with van der Waals surface area (Å²) in [5.74, 6) is 2.91. The minimum absolute atomic E-state index is 0.0562. The van der Waals surface area contributed by atoms with Crippen molar-refractivity contribution in [3.63, 3.8) is 0 Å². The summed E-state index contributed by atoms with van der Waals surface area (Å²) in [5.41, 5.74) is 0. The second kappa shape index (κ2) is 5.29.